The Morgan fingerprint density at radius 3 is 2.62 bits per heavy atom. The molecule has 0 saturated heterocycles. The van der Waals surface area contributed by atoms with Gasteiger partial charge in [-0.1, -0.05) is 40.8 Å². The summed E-state index contributed by atoms with van der Waals surface area (Å²) < 4.78 is 45.9. The predicted octanol–water partition coefficient (Wildman–Crippen LogP) is 5.38. The van der Waals surface area contributed by atoms with Crippen LogP contribution in [0, 0.1) is 6.92 Å². The third-order valence-corrected chi connectivity index (χ3v) is 5.76. The standard InChI is InChI=1S/C22H13F3N6O2S/c1-11-17-13(18(32)28-21-30-29-20(34-21)15-8-4-5-9-26-15)10-16(27-19(17)33-31-11)12-6-2-3-7-14(12)22(23,24)25/h2-10H,1H3,(H,28,30,32). The molecule has 4 aromatic heterocycles. The van der Waals surface area contributed by atoms with E-state index in [-0.39, 0.29) is 27.7 Å². The first-order valence-electron chi connectivity index (χ1n) is 9.81. The highest BCUT2D eigenvalue weighted by molar-refractivity contribution is 7.18. The van der Waals surface area contributed by atoms with Gasteiger partial charge in [-0.2, -0.15) is 13.2 Å². The predicted molar refractivity (Wildman–Crippen MR) is 118 cm³/mol. The minimum absolute atomic E-state index is 0.0466. The number of pyridine rings is 2. The lowest BCUT2D eigenvalue weighted by molar-refractivity contribution is -0.137. The monoisotopic (exact) mass is 482 g/mol. The molecule has 0 fully saturated rings. The fraction of sp³-hybridized carbons (Fsp3) is 0.0909. The van der Waals surface area contributed by atoms with Crippen LogP contribution in [0.15, 0.2) is 59.3 Å². The smallest absolute Gasteiger partial charge is 0.335 e. The summed E-state index contributed by atoms with van der Waals surface area (Å²) in [4.78, 5) is 21.6. The molecule has 0 spiro atoms. The van der Waals surface area contributed by atoms with Crippen LogP contribution in [-0.2, 0) is 6.18 Å². The fourth-order valence-corrected chi connectivity index (χ4v) is 4.11. The van der Waals surface area contributed by atoms with Gasteiger partial charge in [0.05, 0.1) is 27.9 Å². The molecule has 4 heterocycles. The number of aryl methyl sites for hydroxylation is 1. The van der Waals surface area contributed by atoms with Crippen molar-refractivity contribution >= 4 is 33.5 Å². The number of alkyl halides is 3. The van der Waals surface area contributed by atoms with Gasteiger partial charge in [-0.25, -0.2) is 4.98 Å². The molecule has 0 aliphatic rings. The first-order chi connectivity index (χ1) is 16.3. The first-order valence-corrected chi connectivity index (χ1v) is 10.6. The lowest BCUT2D eigenvalue weighted by Gasteiger charge is -2.13. The zero-order valence-electron chi connectivity index (χ0n) is 17.3. The second-order valence-electron chi connectivity index (χ2n) is 7.13. The molecule has 1 amide bonds. The molecule has 170 valence electrons. The molecule has 0 saturated carbocycles. The van der Waals surface area contributed by atoms with Gasteiger partial charge in [0.15, 0.2) is 5.01 Å². The number of benzene rings is 1. The van der Waals surface area contributed by atoms with Gasteiger partial charge in [0, 0.05) is 11.8 Å². The van der Waals surface area contributed by atoms with Crippen molar-refractivity contribution < 1.29 is 22.5 Å². The molecule has 1 aromatic carbocycles. The molecule has 12 heteroatoms. The average Bonchev–Trinajstić information content (AvgIpc) is 3.45. The van der Waals surface area contributed by atoms with Crippen molar-refractivity contribution in [1.29, 1.82) is 0 Å². The van der Waals surface area contributed by atoms with E-state index in [1.165, 1.54) is 24.3 Å². The molecule has 5 rings (SSSR count). The number of rotatable bonds is 4. The number of amides is 1. The molecule has 0 atom stereocenters. The summed E-state index contributed by atoms with van der Waals surface area (Å²) in [5, 5.41) is 15.4. The minimum atomic E-state index is -4.61. The Labute approximate surface area is 193 Å². The van der Waals surface area contributed by atoms with Crippen molar-refractivity contribution in [1.82, 2.24) is 25.3 Å². The number of hydrogen-bond acceptors (Lipinski definition) is 8. The molecular formula is C22H13F3N6O2S. The topological polar surface area (TPSA) is 107 Å². The van der Waals surface area contributed by atoms with Gasteiger partial charge < -0.3 is 4.52 Å². The molecule has 0 radical (unpaired) electrons. The lowest BCUT2D eigenvalue weighted by Crippen LogP contribution is -2.13. The third-order valence-electron chi connectivity index (χ3n) is 4.90. The molecule has 0 bridgehead atoms. The molecule has 0 aliphatic heterocycles. The minimum Gasteiger partial charge on any atom is -0.335 e. The Morgan fingerprint density at radius 2 is 1.85 bits per heavy atom. The van der Waals surface area contributed by atoms with E-state index in [2.05, 4.69) is 30.6 Å². The first kappa shape index (κ1) is 21.6. The van der Waals surface area contributed by atoms with Crippen molar-refractivity contribution in [2.45, 2.75) is 13.1 Å². The molecule has 0 unspecified atom stereocenters. The van der Waals surface area contributed by atoms with E-state index in [0.29, 0.717) is 21.8 Å². The van der Waals surface area contributed by atoms with E-state index >= 15 is 0 Å². The summed E-state index contributed by atoms with van der Waals surface area (Å²) in [7, 11) is 0. The summed E-state index contributed by atoms with van der Waals surface area (Å²) in [6.45, 7) is 1.61. The van der Waals surface area contributed by atoms with Gasteiger partial charge in [0.1, 0.15) is 5.69 Å². The Kier molecular flexibility index (Phi) is 5.28. The van der Waals surface area contributed by atoms with E-state index in [9.17, 15) is 18.0 Å². The van der Waals surface area contributed by atoms with Crippen LogP contribution in [-0.4, -0.2) is 31.2 Å². The summed E-state index contributed by atoms with van der Waals surface area (Å²) >= 11 is 1.11. The van der Waals surface area contributed by atoms with Crippen LogP contribution < -0.4 is 5.32 Å². The number of anilines is 1. The summed E-state index contributed by atoms with van der Waals surface area (Å²) in [5.74, 6) is -0.617. The van der Waals surface area contributed by atoms with Crippen LogP contribution in [0.5, 0.6) is 0 Å². The molecule has 5 aromatic rings. The van der Waals surface area contributed by atoms with E-state index in [1.807, 2.05) is 0 Å². The van der Waals surface area contributed by atoms with Crippen LogP contribution >= 0.6 is 11.3 Å². The van der Waals surface area contributed by atoms with E-state index < -0.39 is 17.6 Å². The van der Waals surface area contributed by atoms with Gasteiger partial charge in [0.25, 0.3) is 11.6 Å². The molecule has 8 nitrogen and oxygen atoms in total. The van der Waals surface area contributed by atoms with E-state index in [4.69, 9.17) is 4.52 Å². The maximum atomic E-state index is 13.6. The summed E-state index contributed by atoms with van der Waals surface area (Å²) in [6.07, 6.45) is -3.00. The SMILES string of the molecule is Cc1noc2nc(-c3ccccc3C(F)(F)F)cc(C(=O)Nc3nnc(-c4ccccn4)s3)c12. The number of nitrogens with one attached hydrogen (secondary N) is 1. The van der Waals surface area contributed by atoms with Gasteiger partial charge in [-0.05, 0) is 31.2 Å². The number of fused-ring (bicyclic) bond motifs is 1. The van der Waals surface area contributed by atoms with Crippen LogP contribution in [0.3, 0.4) is 0 Å². The highest BCUT2D eigenvalue weighted by Crippen LogP contribution is 2.38. The van der Waals surface area contributed by atoms with Crippen LogP contribution in [0.1, 0.15) is 21.6 Å². The lowest BCUT2D eigenvalue weighted by atomic mass is 10.0. The van der Waals surface area contributed by atoms with Crippen LogP contribution in [0.2, 0.25) is 0 Å². The Bertz CT molecular complexity index is 1510. The van der Waals surface area contributed by atoms with Gasteiger partial charge in [0.2, 0.25) is 5.13 Å². The van der Waals surface area contributed by atoms with Crippen LogP contribution in [0.4, 0.5) is 18.3 Å². The number of carbonyl (C=O) groups excluding carboxylic acids is 1. The Balaban J connectivity index is 1.56. The molecule has 0 aliphatic carbocycles. The zero-order chi connectivity index (χ0) is 23.9. The number of hydrogen-bond donors (Lipinski definition) is 1. The zero-order valence-corrected chi connectivity index (χ0v) is 18.1. The molecule has 1 N–H and O–H groups in total. The largest absolute Gasteiger partial charge is 0.417 e. The number of nitrogens with zero attached hydrogens (tertiary/aromatic N) is 5. The molecular weight excluding hydrogens is 469 g/mol. The second kappa shape index (κ2) is 8.30. The van der Waals surface area contributed by atoms with Gasteiger partial charge >= 0.3 is 6.18 Å². The van der Waals surface area contributed by atoms with Gasteiger partial charge in [-0.3, -0.25) is 15.1 Å². The third kappa shape index (κ3) is 3.99. The normalized spacial score (nSPS) is 11.6. The van der Waals surface area contributed by atoms with E-state index in [0.717, 1.165) is 17.4 Å². The van der Waals surface area contributed by atoms with Crippen molar-refractivity contribution in [2.75, 3.05) is 5.32 Å². The maximum absolute atomic E-state index is 13.6. The Hall–Kier alpha value is -4.19. The number of halogens is 3. The fourth-order valence-electron chi connectivity index (χ4n) is 3.40. The van der Waals surface area contributed by atoms with Crippen molar-refractivity contribution in [2.24, 2.45) is 0 Å². The average molecular weight is 482 g/mol. The summed E-state index contributed by atoms with van der Waals surface area (Å²) in [6, 6.07) is 11.6. The van der Waals surface area contributed by atoms with Crippen LogP contribution in [0.25, 0.3) is 33.1 Å². The quantitative estimate of drug-likeness (QED) is 0.366. The van der Waals surface area contributed by atoms with Crippen molar-refractivity contribution in [3.63, 3.8) is 0 Å². The van der Waals surface area contributed by atoms with Crippen molar-refractivity contribution in [3.8, 4) is 22.0 Å². The number of carbonyl (C=O) groups is 1. The molecule has 34 heavy (non-hydrogen) atoms. The maximum Gasteiger partial charge on any atom is 0.417 e. The highest BCUT2D eigenvalue weighted by Gasteiger charge is 2.34. The van der Waals surface area contributed by atoms with Crippen molar-refractivity contribution in [3.05, 3.63) is 71.5 Å². The Morgan fingerprint density at radius 1 is 1.06 bits per heavy atom. The second-order valence-corrected chi connectivity index (χ2v) is 8.11. The van der Waals surface area contributed by atoms with E-state index in [1.54, 1.807) is 31.3 Å². The summed E-state index contributed by atoms with van der Waals surface area (Å²) in [5.41, 5.74) is -0.188. The van der Waals surface area contributed by atoms with Gasteiger partial charge in [-0.15, -0.1) is 10.2 Å². The number of aromatic nitrogens is 5. The highest BCUT2D eigenvalue weighted by atomic mass is 32.1.